The van der Waals surface area contributed by atoms with E-state index in [1.54, 1.807) is 0 Å². The summed E-state index contributed by atoms with van der Waals surface area (Å²) < 4.78 is 27.6. The highest BCUT2D eigenvalue weighted by Gasteiger charge is 2.13. The maximum Gasteiger partial charge on any atom is 0.140 e. The summed E-state index contributed by atoms with van der Waals surface area (Å²) in [5, 5.41) is 21.0. The SMILES string of the molecule is CC(C)CNCc1cc(F)c(SCC(O)CO)c(F)c1. The zero-order valence-corrected chi connectivity index (χ0v) is 12.5. The number of hydrogen-bond donors (Lipinski definition) is 3. The first kappa shape index (κ1) is 17.4. The Morgan fingerprint density at radius 1 is 1.25 bits per heavy atom. The average molecular weight is 305 g/mol. The molecule has 1 aromatic carbocycles. The van der Waals surface area contributed by atoms with E-state index in [1.807, 2.05) is 0 Å². The fourth-order valence-electron chi connectivity index (χ4n) is 1.59. The molecule has 0 bridgehead atoms. The normalized spacial score (nSPS) is 12.9. The van der Waals surface area contributed by atoms with Crippen LogP contribution in [0, 0.1) is 17.6 Å². The Labute approximate surface area is 122 Å². The molecule has 0 saturated carbocycles. The summed E-state index contributed by atoms with van der Waals surface area (Å²) >= 11 is 0.863. The number of rotatable bonds is 8. The van der Waals surface area contributed by atoms with Crippen molar-refractivity contribution in [2.24, 2.45) is 5.92 Å². The van der Waals surface area contributed by atoms with Crippen LogP contribution in [0.25, 0.3) is 0 Å². The van der Waals surface area contributed by atoms with Crippen LogP contribution in [0.5, 0.6) is 0 Å². The molecular formula is C14H21F2NO2S. The van der Waals surface area contributed by atoms with Gasteiger partial charge < -0.3 is 15.5 Å². The van der Waals surface area contributed by atoms with Gasteiger partial charge in [0.2, 0.25) is 0 Å². The quantitative estimate of drug-likeness (QED) is 0.644. The second-order valence-electron chi connectivity index (χ2n) is 5.06. The predicted octanol–water partition coefficient (Wildman–Crippen LogP) is 2.16. The van der Waals surface area contributed by atoms with Crippen LogP contribution >= 0.6 is 11.8 Å². The number of thioether (sulfide) groups is 1. The van der Waals surface area contributed by atoms with E-state index in [-0.39, 0.29) is 10.6 Å². The van der Waals surface area contributed by atoms with Gasteiger partial charge in [-0.1, -0.05) is 13.8 Å². The van der Waals surface area contributed by atoms with E-state index >= 15 is 0 Å². The Kier molecular flexibility index (Phi) is 7.43. The van der Waals surface area contributed by atoms with Gasteiger partial charge in [-0.25, -0.2) is 8.78 Å². The largest absolute Gasteiger partial charge is 0.394 e. The maximum absolute atomic E-state index is 13.8. The first-order chi connectivity index (χ1) is 9.43. The summed E-state index contributed by atoms with van der Waals surface area (Å²) in [5.74, 6) is -0.752. The first-order valence-electron chi connectivity index (χ1n) is 6.54. The van der Waals surface area contributed by atoms with Crippen molar-refractivity contribution in [3.05, 3.63) is 29.3 Å². The van der Waals surface area contributed by atoms with Gasteiger partial charge in [-0.05, 0) is 30.2 Å². The summed E-state index contributed by atoms with van der Waals surface area (Å²) in [4.78, 5) is -0.120. The van der Waals surface area contributed by atoms with Crippen LogP contribution < -0.4 is 5.32 Å². The van der Waals surface area contributed by atoms with Crippen molar-refractivity contribution in [2.75, 3.05) is 18.9 Å². The monoisotopic (exact) mass is 305 g/mol. The zero-order chi connectivity index (χ0) is 15.1. The number of aliphatic hydroxyl groups is 2. The van der Waals surface area contributed by atoms with E-state index in [9.17, 15) is 13.9 Å². The highest BCUT2D eigenvalue weighted by Crippen LogP contribution is 2.27. The van der Waals surface area contributed by atoms with Crippen molar-refractivity contribution in [3.8, 4) is 0 Å². The predicted molar refractivity (Wildman–Crippen MR) is 76.7 cm³/mol. The van der Waals surface area contributed by atoms with Crippen LogP contribution in [0.3, 0.4) is 0 Å². The van der Waals surface area contributed by atoms with Gasteiger partial charge in [-0.2, -0.15) is 0 Å². The third kappa shape index (κ3) is 5.75. The fourth-order valence-corrected chi connectivity index (χ4v) is 2.45. The van der Waals surface area contributed by atoms with Crippen LogP contribution in [0.2, 0.25) is 0 Å². The lowest BCUT2D eigenvalue weighted by Gasteiger charge is -2.11. The molecule has 0 aromatic heterocycles. The molecule has 114 valence electrons. The molecule has 0 aliphatic heterocycles. The molecule has 0 aliphatic rings. The van der Waals surface area contributed by atoms with E-state index in [0.717, 1.165) is 18.3 Å². The van der Waals surface area contributed by atoms with Crippen molar-refractivity contribution in [1.82, 2.24) is 5.32 Å². The van der Waals surface area contributed by atoms with E-state index in [4.69, 9.17) is 5.11 Å². The number of nitrogens with one attached hydrogen (secondary N) is 1. The van der Waals surface area contributed by atoms with Crippen LogP contribution in [0.1, 0.15) is 19.4 Å². The molecule has 1 aromatic rings. The second kappa shape index (κ2) is 8.56. The number of aliphatic hydroxyl groups excluding tert-OH is 2. The van der Waals surface area contributed by atoms with Crippen molar-refractivity contribution >= 4 is 11.8 Å². The van der Waals surface area contributed by atoms with Gasteiger partial charge in [0.25, 0.3) is 0 Å². The minimum absolute atomic E-state index is 0.0509. The zero-order valence-electron chi connectivity index (χ0n) is 11.7. The molecule has 1 unspecified atom stereocenters. The Balaban J connectivity index is 2.66. The number of hydrogen-bond acceptors (Lipinski definition) is 4. The Hall–Kier alpha value is -0.690. The molecule has 0 heterocycles. The van der Waals surface area contributed by atoms with Gasteiger partial charge in [-0.15, -0.1) is 11.8 Å². The molecule has 0 amide bonds. The summed E-state index contributed by atoms with van der Waals surface area (Å²) in [5.41, 5.74) is 0.549. The summed E-state index contributed by atoms with van der Waals surface area (Å²) in [6, 6.07) is 2.59. The molecule has 0 fully saturated rings. The van der Waals surface area contributed by atoms with Gasteiger partial charge >= 0.3 is 0 Å². The molecule has 0 aliphatic carbocycles. The van der Waals surface area contributed by atoms with Crippen LogP contribution in [0.4, 0.5) is 8.78 Å². The molecule has 1 rings (SSSR count). The minimum Gasteiger partial charge on any atom is -0.394 e. The van der Waals surface area contributed by atoms with E-state index < -0.39 is 24.3 Å². The molecule has 0 radical (unpaired) electrons. The van der Waals surface area contributed by atoms with Gasteiger partial charge in [-0.3, -0.25) is 0 Å². The first-order valence-corrected chi connectivity index (χ1v) is 7.53. The molecule has 0 spiro atoms. The van der Waals surface area contributed by atoms with Crippen molar-refractivity contribution in [3.63, 3.8) is 0 Å². The van der Waals surface area contributed by atoms with Crippen molar-refractivity contribution in [2.45, 2.75) is 31.4 Å². The standard InChI is InChI=1S/C14H21F2NO2S/c1-9(2)5-17-6-10-3-12(15)14(13(16)4-10)20-8-11(19)7-18/h3-4,9,11,17-19H,5-8H2,1-2H3. The topological polar surface area (TPSA) is 52.5 Å². The average Bonchev–Trinajstić information content (AvgIpc) is 2.37. The fraction of sp³-hybridized carbons (Fsp3) is 0.571. The lowest BCUT2D eigenvalue weighted by Crippen LogP contribution is -2.19. The third-order valence-corrected chi connectivity index (χ3v) is 3.80. The lowest BCUT2D eigenvalue weighted by atomic mass is 10.2. The molecule has 6 heteroatoms. The summed E-state index contributed by atoms with van der Waals surface area (Å²) in [6.07, 6.45) is -0.980. The third-order valence-electron chi connectivity index (χ3n) is 2.57. The molecule has 1 atom stereocenters. The maximum atomic E-state index is 13.8. The van der Waals surface area contributed by atoms with Gasteiger partial charge in [0.1, 0.15) is 11.6 Å². The lowest BCUT2D eigenvalue weighted by molar-refractivity contribution is 0.113. The van der Waals surface area contributed by atoms with Crippen LogP contribution in [-0.2, 0) is 6.54 Å². The van der Waals surface area contributed by atoms with Crippen molar-refractivity contribution in [1.29, 1.82) is 0 Å². The molecule has 3 N–H and O–H groups in total. The smallest absolute Gasteiger partial charge is 0.140 e. The molecule has 20 heavy (non-hydrogen) atoms. The highest BCUT2D eigenvalue weighted by molar-refractivity contribution is 7.99. The Morgan fingerprint density at radius 3 is 2.35 bits per heavy atom. The van der Waals surface area contributed by atoms with E-state index in [1.165, 1.54) is 12.1 Å². The van der Waals surface area contributed by atoms with Crippen LogP contribution in [-0.4, -0.2) is 35.2 Å². The molecule has 0 saturated heterocycles. The van der Waals surface area contributed by atoms with E-state index in [0.29, 0.717) is 18.0 Å². The summed E-state index contributed by atoms with van der Waals surface area (Å²) in [7, 11) is 0. The Bertz CT molecular complexity index is 407. The van der Waals surface area contributed by atoms with Gasteiger partial charge in [0.15, 0.2) is 0 Å². The molecular weight excluding hydrogens is 284 g/mol. The molecule has 3 nitrogen and oxygen atoms in total. The van der Waals surface area contributed by atoms with Gasteiger partial charge in [0, 0.05) is 12.3 Å². The summed E-state index contributed by atoms with van der Waals surface area (Å²) in [6.45, 7) is 4.88. The minimum atomic E-state index is -0.980. The number of halogens is 2. The number of benzene rings is 1. The Morgan fingerprint density at radius 2 is 1.85 bits per heavy atom. The van der Waals surface area contributed by atoms with Crippen molar-refractivity contribution < 1.29 is 19.0 Å². The van der Waals surface area contributed by atoms with Gasteiger partial charge in [0.05, 0.1) is 17.6 Å². The van der Waals surface area contributed by atoms with Crippen LogP contribution in [0.15, 0.2) is 17.0 Å². The second-order valence-corrected chi connectivity index (χ2v) is 6.09. The highest BCUT2D eigenvalue weighted by atomic mass is 32.2. The van der Waals surface area contributed by atoms with E-state index in [2.05, 4.69) is 19.2 Å².